The molecule has 1 aliphatic rings. The highest BCUT2D eigenvalue weighted by molar-refractivity contribution is 7.88. The first kappa shape index (κ1) is 21.4. The zero-order chi connectivity index (χ0) is 21.0. The molecule has 1 heterocycles. The molecule has 1 N–H and O–H groups in total. The number of nitrogens with zero attached hydrogens (tertiary/aromatic N) is 1. The van der Waals surface area contributed by atoms with E-state index in [2.05, 4.69) is 4.72 Å². The van der Waals surface area contributed by atoms with E-state index in [1.807, 2.05) is 0 Å². The Morgan fingerprint density at radius 1 is 1.10 bits per heavy atom. The third kappa shape index (κ3) is 5.83. The second-order valence-corrected chi connectivity index (χ2v) is 9.14. The van der Waals surface area contributed by atoms with Gasteiger partial charge in [-0.05, 0) is 48.6 Å². The first-order valence-corrected chi connectivity index (χ1v) is 11.4. The van der Waals surface area contributed by atoms with Crippen LogP contribution in [0.1, 0.15) is 24.8 Å². The molecule has 0 saturated carbocycles. The van der Waals surface area contributed by atoms with E-state index in [4.69, 9.17) is 0 Å². The number of likely N-dealkylation sites (tertiary alicyclic amines) is 1. The van der Waals surface area contributed by atoms with E-state index >= 15 is 0 Å². The summed E-state index contributed by atoms with van der Waals surface area (Å²) in [5.41, 5.74) is 1.24. The molecule has 156 valence electrons. The Balaban J connectivity index is 1.74. The minimum atomic E-state index is -3.29. The second-order valence-electron chi connectivity index (χ2n) is 7.36. The van der Waals surface area contributed by atoms with E-state index in [9.17, 15) is 22.0 Å². The Kier molecular flexibility index (Phi) is 6.64. The molecular weight excluding hydrogens is 398 g/mol. The maximum atomic E-state index is 14.2. The highest BCUT2D eigenvalue weighted by atomic mass is 32.2. The quantitative estimate of drug-likeness (QED) is 0.805. The molecule has 2 aromatic rings. The summed E-state index contributed by atoms with van der Waals surface area (Å²) in [5, 5.41) is 0. The lowest BCUT2D eigenvalue weighted by molar-refractivity contribution is -0.130. The number of carbonyl (C=O) groups excluding carboxylic acids is 1. The summed E-state index contributed by atoms with van der Waals surface area (Å²) < 4.78 is 53.4. The molecule has 0 aliphatic carbocycles. The molecule has 1 atom stereocenters. The molecule has 0 aromatic heterocycles. The number of benzene rings is 2. The van der Waals surface area contributed by atoms with E-state index < -0.39 is 21.7 Å². The van der Waals surface area contributed by atoms with Gasteiger partial charge in [0.2, 0.25) is 15.9 Å². The lowest BCUT2D eigenvalue weighted by Gasteiger charge is -2.21. The lowest BCUT2D eigenvalue weighted by Crippen LogP contribution is -2.36. The van der Waals surface area contributed by atoms with Crippen molar-refractivity contribution in [2.75, 3.05) is 19.3 Å². The summed E-state index contributed by atoms with van der Waals surface area (Å²) in [6.07, 6.45) is 3.10. The van der Waals surface area contributed by atoms with E-state index in [1.165, 1.54) is 0 Å². The largest absolute Gasteiger partial charge is 0.342 e. The number of carbonyl (C=O) groups is 1. The molecule has 1 unspecified atom stereocenters. The van der Waals surface area contributed by atoms with Crippen LogP contribution in [0, 0.1) is 11.6 Å². The van der Waals surface area contributed by atoms with Crippen molar-refractivity contribution in [3.8, 4) is 11.1 Å². The van der Waals surface area contributed by atoms with Gasteiger partial charge in [-0.25, -0.2) is 21.9 Å². The summed E-state index contributed by atoms with van der Waals surface area (Å²) >= 11 is 0. The average molecular weight is 422 g/mol. The van der Waals surface area contributed by atoms with Crippen LogP contribution in [0.3, 0.4) is 0 Å². The van der Waals surface area contributed by atoms with Gasteiger partial charge in [0.25, 0.3) is 0 Å². The summed E-state index contributed by atoms with van der Waals surface area (Å²) in [7, 11) is -3.29. The lowest BCUT2D eigenvalue weighted by atomic mass is 9.96. The molecule has 1 saturated heterocycles. The van der Waals surface area contributed by atoms with Crippen LogP contribution < -0.4 is 4.72 Å². The molecule has 2 aromatic carbocycles. The standard InChI is InChI=1S/C21H24F2N2O3S/c1-29(27,28)24-17-6-4-11-25(12-10-17)21(26)13-15-5-2-3-7-18(15)19-14-16(22)8-9-20(19)23/h2-3,5,7-9,14,17,24H,4,6,10-13H2,1H3. The van der Waals surface area contributed by atoms with E-state index in [0.717, 1.165) is 24.5 Å². The number of rotatable bonds is 5. The van der Waals surface area contributed by atoms with Crippen LogP contribution in [0.25, 0.3) is 11.1 Å². The monoisotopic (exact) mass is 422 g/mol. The summed E-state index contributed by atoms with van der Waals surface area (Å²) in [6, 6.07) is 9.98. The van der Waals surface area contributed by atoms with Gasteiger partial charge in [0.15, 0.2) is 0 Å². The maximum Gasteiger partial charge on any atom is 0.227 e. The van der Waals surface area contributed by atoms with Gasteiger partial charge in [-0.1, -0.05) is 24.3 Å². The van der Waals surface area contributed by atoms with Gasteiger partial charge in [-0.3, -0.25) is 4.79 Å². The van der Waals surface area contributed by atoms with Crippen molar-refractivity contribution >= 4 is 15.9 Å². The fraction of sp³-hybridized carbons (Fsp3) is 0.381. The predicted octanol–water partition coefficient (Wildman–Crippen LogP) is 3.10. The molecule has 1 fully saturated rings. The zero-order valence-electron chi connectivity index (χ0n) is 16.2. The Morgan fingerprint density at radius 3 is 2.62 bits per heavy atom. The minimum Gasteiger partial charge on any atom is -0.342 e. The third-order valence-electron chi connectivity index (χ3n) is 5.04. The molecule has 0 spiro atoms. The first-order valence-electron chi connectivity index (χ1n) is 9.51. The van der Waals surface area contributed by atoms with Crippen molar-refractivity contribution in [2.24, 2.45) is 0 Å². The number of nitrogens with one attached hydrogen (secondary N) is 1. The van der Waals surface area contributed by atoms with Crippen LogP contribution in [-0.2, 0) is 21.2 Å². The number of hydrogen-bond donors (Lipinski definition) is 1. The fourth-order valence-corrected chi connectivity index (χ4v) is 4.52. The number of amides is 1. The maximum absolute atomic E-state index is 14.2. The Labute approximate surface area is 169 Å². The number of hydrogen-bond acceptors (Lipinski definition) is 3. The topological polar surface area (TPSA) is 66.5 Å². The minimum absolute atomic E-state index is 0.0658. The van der Waals surface area contributed by atoms with Gasteiger partial charge in [-0.2, -0.15) is 0 Å². The second kappa shape index (κ2) is 9.00. The number of sulfonamides is 1. The molecular formula is C21H24F2N2O3S. The van der Waals surface area contributed by atoms with Crippen molar-refractivity contribution in [1.29, 1.82) is 0 Å². The Morgan fingerprint density at radius 2 is 1.86 bits per heavy atom. The average Bonchev–Trinajstić information content (AvgIpc) is 2.88. The Bertz CT molecular complexity index is 995. The third-order valence-corrected chi connectivity index (χ3v) is 5.80. The van der Waals surface area contributed by atoms with Crippen LogP contribution in [-0.4, -0.2) is 44.6 Å². The molecule has 0 bridgehead atoms. The first-order chi connectivity index (χ1) is 13.7. The van der Waals surface area contributed by atoms with Crippen molar-refractivity contribution in [3.05, 3.63) is 59.7 Å². The van der Waals surface area contributed by atoms with E-state index in [0.29, 0.717) is 43.5 Å². The summed E-state index contributed by atoms with van der Waals surface area (Å²) in [6.45, 7) is 0.986. The highest BCUT2D eigenvalue weighted by Gasteiger charge is 2.23. The molecule has 5 nitrogen and oxygen atoms in total. The SMILES string of the molecule is CS(=O)(=O)NC1CCCN(C(=O)Cc2ccccc2-c2cc(F)ccc2F)CC1. The predicted molar refractivity (Wildman–Crippen MR) is 108 cm³/mol. The highest BCUT2D eigenvalue weighted by Crippen LogP contribution is 2.28. The molecule has 8 heteroatoms. The van der Waals surface area contributed by atoms with Crippen molar-refractivity contribution in [2.45, 2.75) is 31.7 Å². The van der Waals surface area contributed by atoms with Crippen molar-refractivity contribution in [3.63, 3.8) is 0 Å². The van der Waals surface area contributed by atoms with Gasteiger partial charge < -0.3 is 4.90 Å². The van der Waals surface area contributed by atoms with Crippen molar-refractivity contribution in [1.82, 2.24) is 9.62 Å². The molecule has 0 radical (unpaired) electrons. The summed E-state index contributed by atoms with van der Waals surface area (Å²) in [4.78, 5) is 14.6. The van der Waals surface area contributed by atoms with Gasteiger partial charge in [0.05, 0.1) is 12.7 Å². The molecule has 3 rings (SSSR count). The normalized spacial score (nSPS) is 17.8. The molecule has 1 amide bonds. The van der Waals surface area contributed by atoms with Gasteiger partial charge in [0.1, 0.15) is 11.6 Å². The van der Waals surface area contributed by atoms with Crippen molar-refractivity contribution < 1.29 is 22.0 Å². The Hall–Kier alpha value is -2.32. The van der Waals surface area contributed by atoms with Gasteiger partial charge in [-0.15, -0.1) is 0 Å². The molecule has 29 heavy (non-hydrogen) atoms. The fourth-order valence-electron chi connectivity index (χ4n) is 3.68. The van der Waals surface area contributed by atoms with E-state index in [-0.39, 0.29) is 23.9 Å². The van der Waals surface area contributed by atoms with Crippen LogP contribution in [0.15, 0.2) is 42.5 Å². The van der Waals surface area contributed by atoms with Crippen LogP contribution in [0.2, 0.25) is 0 Å². The van der Waals surface area contributed by atoms with Gasteiger partial charge in [0, 0.05) is 24.7 Å². The number of halogens is 2. The van der Waals surface area contributed by atoms with Crippen LogP contribution in [0.4, 0.5) is 8.78 Å². The molecule has 1 aliphatic heterocycles. The zero-order valence-corrected chi connectivity index (χ0v) is 17.0. The van der Waals surface area contributed by atoms with E-state index in [1.54, 1.807) is 29.2 Å². The van der Waals surface area contributed by atoms with Crippen LogP contribution in [0.5, 0.6) is 0 Å². The van der Waals surface area contributed by atoms with Gasteiger partial charge >= 0.3 is 0 Å². The smallest absolute Gasteiger partial charge is 0.227 e. The summed E-state index contributed by atoms with van der Waals surface area (Å²) in [5.74, 6) is -1.20. The van der Waals surface area contributed by atoms with Crippen LogP contribution >= 0.6 is 0 Å².